The first-order chi connectivity index (χ1) is 13.9. The summed E-state index contributed by atoms with van der Waals surface area (Å²) in [4.78, 5) is 24.0. The molecule has 0 aliphatic heterocycles. The van der Waals surface area contributed by atoms with Crippen LogP contribution in [-0.4, -0.2) is 39.8 Å². The lowest BCUT2D eigenvalue weighted by Crippen LogP contribution is -2.41. The van der Waals surface area contributed by atoms with Crippen LogP contribution in [-0.2, 0) is 4.79 Å². The average molecular weight is 405 g/mol. The molecule has 0 fully saturated rings. The predicted octanol–water partition coefficient (Wildman–Crippen LogP) is 2.85. The van der Waals surface area contributed by atoms with Gasteiger partial charge in [-0.15, -0.1) is 0 Å². The van der Waals surface area contributed by atoms with Crippen molar-refractivity contribution >= 4 is 17.6 Å². The van der Waals surface area contributed by atoms with Crippen LogP contribution in [0.15, 0.2) is 36.4 Å². The third kappa shape index (κ3) is 6.00. The number of anilines is 1. The maximum Gasteiger partial charge on any atom is 0.315 e. The number of nitrogens with one attached hydrogen (secondary N) is 3. The van der Waals surface area contributed by atoms with Crippen molar-refractivity contribution in [3.05, 3.63) is 47.8 Å². The summed E-state index contributed by atoms with van der Waals surface area (Å²) in [5.74, 6) is 0.547. The maximum absolute atomic E-state index is 12.9. The van der Waals surface area contributed by atoms with E-state index in [1.165, 1.54) is 45.6 Å². The topological polar surface area (TPSA) is 97.9 Å². The van der Waals surface area contributed by atoms with E-state index in [0.717, 1.165) is 5.56 Å². The summed E-state index contributed by atoms with van der Waals surface area (Å²) < 4.78 is 28.8. The third-order valence-corrected chi connectivity index (χ3v) is 4.07. The van der Waals surface area contributed by atoms with Crippen molar-refractivity contribution in [2.75, 3.05) is 33.2 Å². The fraction of sp³-hybridized carbons (Fsp3) is 0.300. The lowest BCUT2D eigenvalue weighted by Gasteiger charge is -2.19. The number of ether oxygens (including phenoxy) is 3. The molecule has 0 aromatic heterocycles. The Labute approximate surface area is 168 Å². The number of amides is 3. The number of benzene rings is 2. The van der Waals surface area contributed by atoms with Gasteiger partial charge in [0.15, 0.2) is 11.5 Å². The molecule has 2 aromatic rings. The van der Waals surface area contributed by atoms with Crippen LogP contribution in [0.2, 0.25) is 0 Å². The Kier molecular flexibility index (Phi) is 7.64. The first-order valence-corrected chi connectivity index (χ1v) is 8.77. The molecule has 2 aromatic carbocycles. The van der Waals surface area contributed by atoms with Gasteiger partial charge in [-0.1, -0.05) is 0 Å². The van der Waals surface area contributed by atoms with Gasteiger partial charge in [0.05, 0.1) is 33.9 Å². The van der Waals surface area contributed by atoms with Crippen molar-refractivity contribution in [3.8, 4) is 17.2 Å². The van der Waals surface area contributed by atoms with E-state index >= 15 is 0 Å². The molecule has 1 unspecified atom stereocenters. The third-order valence-electron chi connectivity index (χ3n) is 4.07. The van der Waals surface area contributed by atoms with Gasteiger partial charge in [-0.05, 0) is 48.9 Å². The molecule has 3 N–H and O–H groups in total. The summed E-state index contributed by atoms with van der Waals surface area (Å²) >= 11 is 0. The molecule has 3 amide bonds. The van der Waals surface area contributed by atoms with Gasteiger partial charge >= 0.3 is 6.03 Å². The summed E-state index contributed by atoms with van der Waals surface area (Å²) in [6.45, 7) is 1.53. The molecule has 29 heavy (non-hydrogen) atoms. The number of methoxy groups -OCH3 is 3. The zero-order valence-electron chi connectivity index (χ0n) is 16.7. The molecular formula is C20H24FN3O5. The molecule has 0 heterocycles. The summed E-state index contributed by atoms with van der Waals surface area (Å²) in [5.41, 5.74) is 1.16. The Balaban J connectivity index is 1.93. The zero-order valence-corrected chi connectivity index (χ0v) is 16.7. The Morgan fingerprint density at radius 1 is 1.00 bits per heavy atom. The normalized spacial score (nSPS) is 11.2. The quantitative estimate of drug-likeness (QED) is 0.627. The van der Waals surface area contributed by atoms with Gasteiger partial charge < -0.3 is 30.2 Å². The number of carbonyl (C=O) groups excluding carboxylic acids is 2. The molecule has 0 aliphatic rings. The van der Waals surface area contributed by atoms with Crippen molar-refractivity contribution in [1.82, 2.24) is 10.6 Å². The molecule has 0 radical (unpaired) electrons. The predicted molar refractivity (Wildman–Crippen MR) is 106 cm³/mol. The molecular weight excluding hydrogens is 381 g/mol. The molecule has 8 nitrogen and oxygen atoms in total. The summed E-state index contributed by atoms with van der Waals surface area (Å²) in [7, 11) is 4.52. The van der Waals surface area contributed by atoms with Crippen LogP contribution in [0, 0.1) is 5.82 Å². The van der Waals surface area contributed by atoms with Crippen LogP contribution in [0.4, 0.5) is 14.9 Å². The molecule has 0 aliphatic carbocycles. The second kappa shape index (κ2) is 10.2. The van der Waals surface area contributed by atoms with Crippen molar-refractivity contribution in [3.63, 3.8) is 0 Å². The number of rotatable bonds is 8. The Hall–Kier alpha value is -3.49. The van der Waals surface area contributed by atoms with E-state index in [-0.39, 0.29) is 6.54 Å². The number of carbonyl (C=O) groups is 2. The summed E-state index contributed by atoms with van der Waals surface area (Å²) in [5, 5.41) is 7.76. The van der Waals surface area contributed by atoms with Crippen molar-refractivity contribution in [1.29, 1.82) is 0 Å². The van der Waals surface area contributed by atoms with Crippen LogP contribution in [0.25, 0.3) is 0 Å². The highest BCUT2D eigenvalue weighted by Crippen LogP contribution is 2.39. The second-order valence-electron chi connectivity index (χ2n) is 6.06. The Morgan fingerprint density at radius 2 is 1.59 bits per heavy atom. The zero-order chi connectivity index (χ0) is 21.4. The van der Waals surface area contributed by atoms with E-state index in [1.807, 2.05) is 0 Å². The van der Waals surface area contributed by atoms with Crippen molar-refractivity contribution in [2.24, 2.45) is 0 Å². The fourth-order valence-corrected chi connectivity index (χ4v) is 2.58. The van der Waals surface area contributed by atoms with Crippen LogP contribution in [0.5, 0.6) is 17.2 Å². The lowest BCUT2D eigenvalue weighted by atomic mass is 10.1. The van der Waals surface area contributed by atoms with E-state index in [1.54, 1.807) is 19.1 Å². The molecule has 0 saturated carbocycles. The molecule has 9 heteroatoms. The summed E-state index contributed by atoms with van der Waals surface area (Å²) in [6, 6.07) is 7.86. The maximum atomic E-state index is 12.9. The molecule has 0 spiro atoms. The van der Waals surface area contributed by atoms with Crippen LogP contribution < -0.4 is 30.2 Å². The first kappa shape index (κ1) is 21.8. The van der Waals surface area contributed by atoms with Crippen LogP contribution in [0.1, 0.15) is 18.5 Å². The second-order valence-corrected chi connectivity index (χ2v) is 6.06. The largest absolute Gasteiger partial charge is 0.493 e. The van der Waals surface area contributed by atoms with E-state index in [9.17, 15) is 14.0 Å². The Bertz CT molecular complexity index is 833. The Morgan fingerprint density at radius 3 is 2.10 bits per heavy atom. The highest BCUT2D eigenvalue weighted by molar-refractivity contribution is 5.94. The van der Waals surface area contributed by atoms with Gasteiger partial charge in [0.25, 0.3) is 0 Å². The highest BCUT2D eigenvalue weighted by atomic mass is 19.1. The van der Waals surface area contributed by atoms with Gasteiger partial charge in [-0.3, -0.25) is 4.79 Å². The van der Waals surface area contributed by atoms with Gasteiger partial charge in [0, 0.05) is 5.69 Å². The van der Waals surface area contributed by atoms with Gasteiger partial charge in [0.2, 0.25) is 11.7 Å². The lowest BCUT2D eigenvalue weighted by molar-refractivity contribution is -0.115. The molecule has 0 bridgehead atoms. The molecule has 1 atom stereocenters. The smallest absolute Gasteiger partial charge is 0.315 e. The average Bonchev–Trinajstić information content (AvgIpc) is 2.72. The highest BCUT2D eigenvalue weighted by Gasteiger charge is 2.18. The van der Waals surface area contributed by atoms with Crippen LogP contribution in [0.3, 0.4) is 0 Å². The number of urea groups is 1. The van der Waals surface area contributed by atoms with E-state index in [0.29, 0.717) is 22.9 Å². The van der Waals surface area contributed by atoms with Crippen molar-refractivity contribution < 1.29 is 28.2 Å². The number of hydrogen-bond donors (Lipinski definition) is 3. The van der Waals surface area contributed by atoms with Gasteiger partial charge in [-0.25, -0.2) is 9.18 Å². The SMILES string of the molecule is COc1cc(C(C)NC(=O)NCC(=O)Nc2ccc(F)cc2)cc(OC)c1OC. The van der Waals surface area contributed by atoms with E-state index in [2.05, 4.69) is 16.0 Å². The molecule has 156 valence electrons. The monoisotopic (exact) mass is 405 g/mol. The number of hydrogen-bond acceptors (Lipinski definition) is 5. The fourth-order valence-electron chi connectivity index (χ4n) is 2.58. The minimum atomic E-state index is -0.527. The minimum absolute atomic E-state index is 0.245. The van der Waals surface area contributed by atoms with Gasteiger partial charge in [-0.2, -0.15) is 0 Å². The molecule has 2 rings (SSSR count). The van der Waals surface area contributed by atoms with Crippen LogP contribution >= 0.6 is 0 Å². The molecule has 0 saturated heterocycles. The van der Waals surface area contributed by atoms with E-state index < -0.39 is 23.8 Å². The van der Waals surface area contributed by atoms with Crippen molar-refractivity contribution in [2.45, 2.75) is 13.0 Å². The van der Waals surface area contributed by atoms with Gasteiger partial charge in [0.1, 0.15) is 5.82 Å². The summed E-state index contributed by atoms with van der Waals surface area (Å²) in [6.07, 6.45) is 0. The first-order valence-electron chi connectivity index (χ1n) is 8.77. The number of halogens is 1. The standard InChI is InChI=1S/C20H24FN3O5/c1-12(13-9-16(27-2)19(29-4)17(10-13)28-3)23-20(26)22-11-18(25)24-15-7-5-14(21)6-8-15/h5-10,12H,11H2,1-4H3,(H,24,25)(H2,22,23,26). The minimum Gasteiger partial charge on any atom is -0.493 e. The van der Waals surface area contributed by atoms with E-state index in [4.69, 9.17) is 14.2 Å².